The molecule has 3 unspecified atom stereocenters. The molecule has 1 N–H and O–H groups in total. The van der Waals surface area contributed by atoms with Crippen LogP contribution in [0.1, 0.15) is 44.6 Å². The molecule has 0 radical (unpaired) electrons. The predicted molar refractivity (Wildman–Crippen MR) is 67.4 cm³/mol. The standard InChI is InChI=1S/C15H22O/c1-3-11(4-2)15(16)14-10-13(14)12-8-6-5-7-9-12/h5-9,11,13-16H,3-4,10H2,1-2H3. The summed E-state index contributed by atoms with van der Waals surface area (Å²) >= 11 is 0. The highest BCUT2D eigenvalue weighted by molar-refractivity contribution is 5.26. The van der Waals surface area contributed by atoms with E-state index in [-0.39, 0.29) is 6.10 Å². The van der Waals surface area contributed by atoms with Crippen LogP contribution in [0.3, 0.4) is 0 Å². The first-order chi connectivity index (χ1) is 7.77. The summed E-state index contributed by atoms with van der Waals surface area (Å²) in [4.78, 5) is 0. The van der Waals surface area contributed by atoms with Gasteiger partial charge in [0.05, 0.1) is 6.10 Å². The molecule has 0 aliphatic heterocycles. The summed E-state index contributed by atoms with van der Waals surface area (Å²) in [7, 11) is 0. The molecular weight excluding hydrogens is 196 g/mol. The molecule has 3 atom stereocenters. The Labute approximate surface area is 98.5 Å². The minimum atomic E-state index is -0.0970. The van der Waals surface area contributed by atoms with E-state index in [0.29, 0.717) is 17.8 Å². The molecule has 1 aromatic rings. The maximum absolute atomic E-state index is 10.3. The maximum atomic E-state index is 10.3. The van der Waals surface area contributed by atoms with Crippen molar-refractivity contribution in [3.8, 4) is 0 Å². The Bertz CT molecular complexity index is 315. The minimum Gasteiger partial charge on any atom is -0.393 e. The molecule has 0 spiro atoms. The Morgan fingerprint density at radius 1 is 1.19 bits per heavy atom. The summed E-state index contributed by atoms with van der Waals surface area (Å²) in [6.07, 6.45) is 3.26. The van der Waals surface area contributed by atoms with Crippen LogP contribution in [-0.4, -0.2) is 11.2 Å². The van der Waals surface area contributed by atoms with Crippen LogP contribution >= 0.6 is 0 Å². The largest absolute Gasteiger partial charge is 0.393 e. The fraction of sp³-hybridized carbons (Fsp3) is 0.600. The summed E-state index contributed by atoms with van der Waals surface area (Å²) in [5.41, 5.74) is 1.40. The van der Waals surface area contributed by atoms with Crippen LogP contribution in [0.15, 0.2) is 30.3 Å². The zero-order valence-electron chi connectivity index (χ0n) is 10.3. The van der Waals surface area contributed by atoms with Gasteiger partial charge in [-0.3, -0.25) is 0 Å². The van der Waals surface area contributed by atoms with Gasteiger partial charge in [0.1, 0.15) is 0 Å². The second-order valence-corrected chi connectivity index (χ2v) is 4.98. The number of hydrogen-bond acceptors (Lipinski definition) is 1. The summed E-state index contributed by atoms with van der Waals surface area (Å²) < 4.78 is 0. The van der Waals surface area contributed by atoms with Crippen molar-refractivity contribution in [2.24, 2.45) is 11.8 Å². The first-order valence-corrected chi connectivity index (χ1v) is 6.50. The molecule has 2 rings (SSSR count). The van der Waals surface area contributed by atoms with Gasteiger partial charge in [0, 0.05) is 0 Å². The zero-order chi connectivity index (χ0) is 11.5. The van der Waals surface area contributed by atoms with Crippen molar-refractivity contribution < 1.29 is 5.11 Å². The quantitative estimate of drug-likeness (QED) is 0.800. The second-order valence-electron chi connectivity index (χ2n) is 4.98. The van der Waals surface area contributed by atoms with E-state index in [1.165, 1.54) is 12.0 Å². The summed E-state index contributed by atoms with van der Waals surface area (Å²) in [6.45, 7) is 4.36. The van der Waals surface area contributed by atoms with E-state index >= 15 is 0 Å². The van der Waals surface area contributed by atoms with Crippen LogP contribution in [-0.2, 0) is 0 Å². The first kappa shape index (κ1) is 11.7. The fourth-order valence-electron chi connectivity index (χ4n) is 2.80. The van der Waals surface area contributed by atoms with Crippen molar-refractivity contribution in [2.75, 3.05) is 0 Å². The summed E-state index contributed by atoms with van der Waals surface area (Å²) in [5, 5.41) is 10.3. The third-order valence-corrected chi connectivity index (χ3v) is 4.04. The van der Waals surface area contributed by atoms with Crippen molar-refractivity contribution in [1.29, 1.82) is 0 Å². The predicted octanol–water partition coefficient (Wildman–Crippen LogP) is 3.59. The van der Waals surface area contributed by atoms with Gasteiger partial charge in [-0.15, -0.1) is 0 Å². The van der Waals surface area contributed by atoms with Gasteiger partial charge in [0.15, 0.2) is 0 Å². The molecule has 1 heteroatoms. The average molecular weight is 218 g/mol. The maximum Gasteiger partial charge on any atom is 0.0602 e. The van der Waals surface area contributed by atoms with E-state index in [0.717, 1.165) is 12.8 Å². The van der Waals surface area contributed by atoms with Gasteiger partial charge < -0.3 is 5.11 Å². The van der Waals surface area contributed by atoms with Gasteiger partial charge in [0.25, 0.3) is 0 Å². The SMILES string of the molecule is CCC(CC)C(O)C1CC1c1ccccc1. The van der Waals surface area contributed by atoms with E-state index in [2.05, 4.69) is 44.2 Å². The molecule has 1 fully saturated rings. The van der Waals surface area contributed by atoms with Crippen LogP contribution in [0.5, 0.6) is 0 Å². The lowest BCUT2D eigenvalue weighted by atomic mass is 9.92. The van der Waals surface area contributed by atoms with Gasteiger partial charge >= 0.3 is 0 Å². The Balaban J connectivity index is 1.96. The van der Waals surface area contributed by atoms with Crippen LogP contribution in [0.4, 0.5) is 0 Å². The molecule has 0 saturated heterocycles. The summed E-state index contributed by atoms with van der Waals surface area (Å²) in [6, 6.07) is 10.6. The Hall–Kier alpha value is -0.820. The molecule has 1 aromatic carbocycles. The molecule has 1 aliphatic carbocycles. The smallest absolute Gasteiger partial charge is 0.0602 e. The van der Waals surface area contributed by atoms with Gasteiger partial charge in [0.2, 0.25) is 0 Å². The second kappa shape index (κ2) is 5.01. The number of rotatable bonds is 5. The van der Waals surface area contributed by atoms with Crippen LogP contribution in [0.25, 0.3) is 0 Å². The highest BCUT2D eigenvalue weighted by Gasteiger charge is 2.44. The molecule has 16 heavy (non-hydrogen) atoms. The average Bonchev–Trinajstić information content (AvgIpc) is 3.11. The highest BCUT2D eigenvalue weighted by atomic mass is 16.3. The van der Waals surface area contributed by atoms with Gasteiger partial charge in [-0.2, -0.15) is 0 Å². The van der Waals surface area contributed by atoms with Crippen LogP contribution in [0, 0.1) is 11.8 Å². The molecule has 88 valence electrons. The van der Waals surface area contributed by atoms with Crippen molar-refractivity contribution in [3.05, 3.63) is 35.9 Å². The van der Waals surface area contributed by atoms with Gasteiger partial charge in [-0.25, -0.2) is 0 Å². The molecule has 0 bridgehead atoms. The minimum absolute atomic E-state index is 0.0970. The first-order valence-electron chi connectivity index (χ1n) is 6.50. The molecule has 0 aromatic heterocycles. The van der Waals surface area contributed by atoms with E-state index in [1.807, 2.05) is 0 Å². The molecule has 1 saturated carbocycles. The molecule has 0 amide bonds. The summed E-state index contributed by atoms with van der Waals surface area (Å²) in [5.74, 6) is 1.60. The third-order valence-electron chi connectivity index (χ3n) is 4.04. The Morgan fingerprint density at radius 2 is 1.81 bits per heavy atom. The van der Waals surface area contributed by atoms with E-state index in [4.69, 9.17) is 0 Å². The van der Waals surface area contributed by atoms with E-state index in [9.17, 15) is 5.11 Å². The Morgan fingerprint density at radius 3 is 2.38 bits per heavy atom. The molecule has 1 aliphatic rings. The van der Waals surface area contributed by atoms with Crippen LogP contribution < -0.4 is 0 Å². The molecular formula is C15H22O. The fourth-order valence-corrected chi connectivity index (χ4v) is 2.80. The van der Waals surface area contributed by atoms with Gasteiger partial charge in [-0.05, 0) is 29.7 Å². The molecule has 0 heterocycles. The number of hydrogen-bond donors (Lipinski definition) is 1. The number of aliphatic hydroxyl groups excluding tert-OH is 1. The zero-order valence-corrected chi connectivity index (χ0v) is 10.3. The Kier molecular flexibility index (Phi) is 3.65. The van der Waals surface area contributed by atoms with Crippen molar-refractivity contribution in [3.63, 3.8) is 0 Å². The number of benzene rings is 1. The van der Waals surface area contributed by atoms with Crippen molar-refractivity contribution in [1.82, 2.24) is 0 Å². The van der Waals surface area contributed by atoms with Gasteiger partial charge in [-0.1, -0.05) is 57.0 Å². The normalized spacial score (nSPS) is 25.8. The number of aliphatic hydroxyl groups is 1. The van der Waals surface area contributed by atoms with Crippen molar-refractivity contribution >= 4 is 0 Å². The van der Waals surface area contributed by atoms with E-state index in [1.54, 1.807) is 0 Å². The lowest BCUT2D eigenvalue weighted by molar-refractivity contribution is 0.0801. The van der Waals surface area contributed by atoms with E-state index < -0.39 is 0 Å². The topological polar surface area (TPSA) is 20.2 Å². The van der Waals surface area contributed by atoms with Crippen molar-refractivity contribution in [2.45, 2.75) is 45.1 Å². The third kappa shape index (κ3) is 2.30. The monoisotopic (exact) mass is 218 g/mol. The highest BCUT2D eigenvalue weighted by Crippen LogP contribution is 2.51. The molecule has 1 nitrogen and oxygen atoms in total. The lowest BCUT2D eigenvalue weighted by Gasteiger charge is -2.20. The van der Waals surface area contributed by atoms with Crippen LogP contribution in [0.2, 0.25) is 0 Å². The lowest BCUT2D eigenvalue weighted by Crippen LogP contribution is -2.22.